The van der Waals surface area contributed by atoms with Crippen molar-refractivity contribution < 1.29 is 4.42 Å². The number of hydrogen-bond donors (Lipinski definition) is 2. The molecule has 0 amide bonds. The Bertz CT molecular complexity index is 333. The topological polar surface area (TPSA) is 63.0 Å². The van der Waals surface area contributed by atoms with Gasteiger partial charge in [-0.1, -0.05) is 24.4 Å². The van der Waals surface area contributed by atoms with Crippen molar-refractivity contribution in [2.75, 3.05) is 18.9 Å². The molecule has 0 bridgehead atoms. The van der Waals surface area contributed by atoms with E-state index in [4.69, 9.17) is 4.42 Å². The first kappa shape index (κ1) is 12.4. The Morgan fingerprint density at radius 3 is 2.76 bits per heavy atom. The summed E-state index contributed by atoms with van der Waals surface area (Å²) in [5.41, 5.74) is 0. The third-order valence-corrected chi connectivity index (χ3v) is 3.51. The van der Waals surface area contributed by atoms with Crippen LogP contribution >= 0.6 is 0 Å². The van der Waals surface area contributed by atoms with Gasteiger partial charge in [0, 0.05) is 6.54 Å². The van der Waals surface area contributed by atoms with Gasteiger partial charge in [-0.05, 0) is 32.7 Å². The normalized spacial score (nSPS) is 19.2. The van der Waals surface area contributed by atoms with Gasteiger partial charge in [0.05, 0.1) is 6.04 Å². The van der Waals surface area contributed by atoms with E-state index in [1.54, 1.807) is 0 Å². The highest BCUT2D eigenvalue weighted by molar-refractivity contribution is 5.17. The van der Waals surface area contributed by atoms with Gasteiger partial charge in [0.25, 0.3) is 0 Å². The van der Waals surface area contributed by atoms with Crippen molar-refractivity contribution in [2.45, 2.75) is 45.1 Å². The van der Waals surface area contributed by atoms with Crippen molar-refractivity contribution in [1.82, 2.24) is 15.5 Å². The van der Waals surface area contributed by atoms with Crippen LogP contribution in [0.1, 0.15) is 51.0 Å². The molecule has 1 aromatic heterocycles. The van der Waals surface area contributed by atoms with Gasteiger partial charge < -0.3 is 15.1 Å². The number of nitrogens with zero attached hydrogens (tertiary/aromatic N) is 2. The Morgan fingerprint density at radius 1 is 1.29 bits per heavy atom. The smallest absolute Gasteiger partial charge is 0.315 e. The molecular weight excluding hydrogens is 216 g/mol. The van der Waals surface area contributed by atoms with E-state index in [9.17, 15) is 0 Å². The van der Waals surface area contributed by atoms with Crippen LogP contribution in [0.5, 0.6) is 0 Å². The second-order valence-corrected chi connectivity index (χ2v) is 4.84. The maximum Gasteiger partial charge on any atom is 0.315 e. The first-order valence-electron chi connectivity index (χ1n) is 6.54. The third kappa shape index (κ3) is 3.43. The van der Waals surface area contributed by atoms with Crippen molar-refractivity contribution in [3.8, 4) is 0 Å². The molecule has 1 unspecified atom stereocenters. The van der Waals surface area contributed by atoms with Crippen molar-refractivity contribution in [1.29, 1.82) is 0 Å². The summed E-state index contributed by atoms with van der Waals surface area (Å²) >= 11 is 0. The zero-order valence-corrected chi connectivity index (χ0v) is 10.7. The fourth-order valence-corrected chi connectivity index (χ4v) is 2.23. The van der Waals surface area contributed by atoms with Gasteiger partial charge in [-0.2, -0.15) is 0 Å². The van der Waals surface area contributed by atoms with E-state index >= 15 is 0 Å². The van der Waals surface area contributed by atoms with Gasteiger partial charge in [0.15, 0.2) is 0 Å². The lowest BCUT2D eigenvalue weighted by Crippen LogP contribution is -2.17. The minimum atomic E-state index is 0.104. The Balaban J connectivity index is 1.80. The number of rotatable bonds is 5. The average Bonchev–Trinajstić information content (AvgIpc) is 2.85. The molecule has 0 aromatic carbocycles. The molecule has 96 valence electrons. The maximum atomic E-state index is 5.53. The summed E-state index contributed by atoms with van der Waals surface area (Å²) in [6.45, 7) is 2.95. The van der Waals surface area contributed by atoms with Crippen LogP contribution in [0.4, 0.5) is 6.01 Å². The maximum absolute atomic E-state index is 5.53. The molecule has 5 nitrogen and oxygen atoms in total. The van der Waals surface area contributed by atoms with Crippen LogP contribution in [0.3, 0.4) is 0 Å². The molecule has 17 heavy (non-hydrogen) atoms. The van der Waals surface area contributed by atoms with Crippen molar-refractivity contribution in [2.24, 2.45) is 5.92 Å². The molecule has 1 heterocycles. The lowest BCUT2D eigenvalue weighted by atomic mass is 9.89. The van der Waals surface area contributed by atoms with Crippen LogP contribution in [-0.2, 0) is 0 Å². The van der Waals surface area contributed by atoms with Gasteiger partial charge in [0.2, 0.25) is 5.89 Å². The number of anilines is 1. The summed E-state index contributed by atoms with van der Waals surface area (Å²) in [6.07, 6.45) is 6.75. The summed E-state index contributed by atoms with van der Waals surface area (Å²) in [5.74, 6) is 1.40. The Morgan fingerprint density at radius 2 is 2.06 bits per heavy atom. The lowest BCUT2D eigenvalue weighted by molar-refractivity contribution is 0.368. The van der Waals surface area contributed by atoms with Gasteiger partial charge in [-0.3, -0.25) is 0 Å². The number of aromatic nitrogens is 2. The average molecular weight is 238 g/mol. The summed E-state index contributed by atoms with van der Waals surface area (Å²) < 4.78 is 5.53. The first-order valence-corrected chi connectivity index (χ1v) is 6.54. The molecule has 0 aliphatic heterocycles. The molecular formula is C12H22N4O. The fraction of sp³-hybridized carbons (Fsp3) is 0.833. The van der Waals surface area contributed by atoms with Crippen molar-refractivity contribution in [3.63, 3.8) is 0 Å². The molecule has 1 aromatic rings. The third-order valence-electron chi connectivity index (χ3n) is 3.51. The minimum absolute atomic E-state index is 0.104. The Hall–Kier alpha value is -1.10. The van der Waals surface area contributed by atoms with E-state index in [0.717, 1.165) is 12.5 Å². The van der Waals surface area contributed by atoms with Crippen molar-refractivity contribution in [3.05, 3.63) is 5.89 Å². The predicted molar refractivity (Wildman–Crippen MR) is 66.8 cm³/mol. The molecule has 1 atom stereocenters. The van der Waals surface area contributed by atoms with Gasteiger partial charge in [-0.25, -0.2) is 0 Å². The molecule has 2 N–H and O–H groups in total. The molecule has 2 rings (SSSR count). The lowest BCUT2D eigenvalue weighted by Gasteiger charge is -2.20. The van der Waals surface area contributed by atoms with E-state index in [2.05, 4.69) is 20.8 Å². The number of hydrogen-bond acceptors (Lipinski definition) is 5. The van der Waals surface area contributed by atoms with Gasteiger partial charge >= 0.3 is 6.01 Å². The van der Waals surface area contributed by atoms with E-state index in [0.29, 0.717) is 11.9 Å². The standard InChI is InChI=1S/C12H22N4O/c1-9(13-2)11-15-16-12(17-11)14-8-10-6-4-3-5-7-10/h9-10,13H,3-8H2,1-2H3,(H,14,16). The zero-order chi connectivity index (χ0) is 12.1. The van der Waals surface area contributed by atoms with Crippen LogP contribution < -0.4 is 10.6 Å². The largest absolute Gasteiger partial charge is 0.406 e. The summed E-state index contributed by atoms with van der Waals surface area (Å²) in [7, 11) is 1.88. The first-order chi connectivity index (χ1) is 8.29. The van der Waals surface area contributed by atoms with Crippen molar-refractivity contribution >= 4 is 6.01 Å². The minimum Gasteiger partial charge on any atom is -0.406 e. The molecule has 1 aliphatic rings. The van der Waals surface area contributed by atoms with E-state index in [-0.39, 0.29) is 6.04 Å². The van der Waals surface area contributed by atoms with E-state index in [1.165, 1.54) is 32.1 Å². The van der Waals surface area contributed by atoms with Crippen LogP contribution in [0.25, 0.3) is 0 Å². The summed E-state index contributed by atoms with van der Waals surface area (Å²) in [5, 5.41) is 14.3. The summed E-state index contributed by atoms with van der Waals surface area (Å²) in [6, 6.07) is 0.653. The SMILES string of the molecule is CNC(C)c1nnc(NCC2CCCCC2)o1. The van der Waals surface area contributed by atoms with Crippen LogP contribution in [0.2, 0.25) is 0 Å². The molecule has 0 saturated heterocycles. The highest BCUT2D eigenvalue weighted by Gasteiger charge is 2.15. The highest BCUT2D eigenvalue weighted by atomic mass is 16.4. The molecule has 1 saturated carbocycles. The quantitative estimate of drug-likeness (QED) is 0.824. The second kappa shape index (κ2) is 6.00. The molecule has 1 fully saturated rings. The highest BCUT2D eigenvalue weighted by Crippen LogP contribution is 2.24. The van der Waals surface area contributed by atoms with Crippen LogP contribution in [-0.4, -0.2) is 23.8 Å². The van der Waals surface area contributed by atoms with Crippen LogP contribution in [0, 0.1) is 5.92 Å². The summed E-state index contributed by atoms with van der Waals surface area (Å²) in [4.78, 5) is 0. The van der Waals surface area contributed by atoms with E-state index in [1.807, 2.05) is 14.0 Å². The fourth-order valence-electron chi connectivity index (χ4n) is 2.23. The Labute approximate surface area is 102 Å². The molecule has 0 spiro atoms. The molecule has 1 aliphatic carbocycles. The molecule has 0 radical (unpaired) electrons. The number of nitrogens with one attached hydrogen (secondary N) is 2. The van der Waals surface area contributed by atoms with Crippen LogP contribution in [0.15, 0.2) is 4.42 Å². The molecule has 5 heteroatoms. The second-order valence-electron chi connectivity index (χ2n) is 4.84. The monoisotopic (exact) mass is 238 g/mol. The Kier molecular flexibility index (Phi) is 4.36. The van der Waals surface area contributed by atoms with E-state index < -0.39 is 0 Å². The van der Waals surface area contributed by atoms with Gasteiger partial charge in [0.1, 0.15) is 0 Å². The zero-order valence-electron chi connectivity index (χ0n) is 10.7. The predicted octanol–water partition coefficient (Wildman–Crippen LogP) is 2.34. The van der Waals surface area contributed by atoms with Gasteiger partial charge in [-0.15, -0.1) is 5.10 Å².